The summed E-state index contributed by atoms with van der Waals surface area (Å²) < 4.78 is 67.6. The van der Waals surface area contributed by atoms with Crippen LogP contribution < -0.4 is 5.56 Å². The summed E-state index contributed by atoms with van der Waals surface area (Å²) >= 11 is 0. The minimum atomic E-state index is -4.78. The van der Waals surface area contributed by atoms with Gasteiger partial charge in [-0.1, -0.05) is 18.1 Å². The molecule has 2 atom stereocenters. The summed E-state index contributed by atoms with van der Waals surface area (Å²) in [5.74, 6) is 2.25. The smallest absolute Gasteiger partial charge is 0.311 e. The molecule has 1 aliphatic carbocycles. The van der Waals surface area contributed by atoms with Crippen LogP contribution >= 0.6 is 0 Å². The van der Waals surface area contributed by atoms with E-state index >= 15 is 0 Å². The SMILES string of the molecule is C#Cc1ccc(C2CC2S(=O)(=O)c2ccc3c(c2)c(C(F)(F)F)cc(=O)n3C)cc1. The number of fused-ring (bicyclic) bond motifs is 1. The molecule has 1 heterocycles. The first-order chi connectivity index (χ1) is 14.0. The van der Waals surface area contributed by atoms with Gasteiger partial charge in [0.2, 0.25) is 0 Å². The highest BCUT2D eigenvalue weighted by atomic mass is 32.2. The van der Waals surface area contributed by atoms with Gasteiger partial charge >= 0.3 is 6.18 Å². The first kappa shape index (κ1) is 20.2. The third kappa shape index (κ3) is 3.29. The van der Waals surface area contributed by atoms with E-state index in [-0.39, 0.29) is 21.7 Å². The number of rotatable bonds is 3. The lowest BCUT2D eigenvalue weighted by Gasteiger charge is -2.14. The second kappa shape index (κ2) is 6.74. The molecule has 2 unspecified atom stereocenters. The number of alkyl halides is 3. The number of aromatic nitrogens is 1. The maximum absolute atomic E-state index is 13.5. The molecular formula is C22H16F3NO3S. The van der Waals surface area contributed by atoms with Crippen molar-refractivity contribution < 1.29 is 21.6 Å². The summed E-state index contributed by atoms with van der Waals surface area (Å²) in [6, 6.07) is 11.0. The number of hydrogen-bond acceptors (Lipinski definition) is 3. The summed E-state index contributed by atoms with van der Waals surface area (Å²) in [7, 11) is -2.51. The van der Waals surface area contributed by atoms with Crippen molar-refractivity contribution in [2.75, 3.05) is 0 Å². The molecule has 1 fully saturated rings. The monoisotopic (exact) mass is 431 g/mol. The lowest BCUT2D eigenvalue weighted by Crippen LogP contribution is -2.21. The molecule has 0 amide bonds. The molecule has 8 heteroatoms. The van der Waals surface area contributed by atoms with Crippen LogP contribution in [0.1, 0.15) is 29.0 Å². The van der Waals surface area contributed by atoms with E-state index in [1.165, 1.54) is 19.2 Å². The van der Waals surface area contributed by atoms with Gasteiger partial charge in [-0.05, 0) is 42.3 Å². The number of nitrogens with zero attached hydrogens (tertiary/aromatic N) is 1. The maximum Gasteiger partial charge on any atom is 0.417 e. The fraction of sp³-hybridized carbons (Fsp3) is 0.227. The largest absolute Gasteiger partial charge is 0.417 e. The fourth-order valence-electron chi connectivity index (χ4n) is 3.72. The Kier molecular flexibility index (Phi) is 4.55. The van der Waals surface area contributed by atoms with E-state index in [0.717, 1.165) is 16.2 Å². The topological polar surface area (TPSA) is 56.1 Å². The minimum Gasteiger partial charge on any atom is -0.311 e. The molecule has 4 nitrogen and oxygen atoms in total. The Hall–Kier alpha value is -3.05. The van der Waals surface area contributed by atoms with Crippen molar-refractivity contribution in [3.05, 3.63) is 75.6 Å². The van der Waals surface area contributed by atoms with Crippen molar-refractivity contribution in [3.63, 3.8) is 0 Å². The molecule has 30 heavy (non-hydrogen) atoms. The second-order valence-electron chi connectivity index (χ2n) is 7.32. The Labute approximate surface area is 170 Å². The average molecular weight is 431 g/mol. The van der Waals surface area contributed by atoms with Crippen molar-refractivity contribution in [2.45, 2.75) is 28.7 Å². The number of sulfone groups is 1. The molecule has 1 saturated carbocycles. The van der Waals surface area contributed by atoms with Crippen molar-refractivity contribution in [1.82, 2.24) is 4.57 Å². The zero-order valence-corrected chi connectivity index (χ0v) is 16.6. The number of aryl methyl sites for hydroxylation is 1. The molecule has 0 bridgehead atoms. The summed E-state index contributed by atoms with van der Waals surface area (Å²) in [6.07, 6.45) is 0.926. The molecule has 154 valence electrons. The van der Waals surface area contributed by atoms with Gasteiger partial charge in [0.25, 0.3) is 5.56 Å². The molecule has 1 aromatic heterocycles. The Bertz CT molecular complexity index is 1360. The van der Waals surface area contributed by atoms with Crippen LogP contribution in [-0.4, -0.2) is 18.2 Å². The number of terminal acetylenes is 1. The van der Waals surface area contributed by atoms with Crippen LogP contribution in [0.15, 0.2) is 58.2 Å². The van der Waals surface area contributed by atoms with E-state index in [1.807, 2.05) is 0 Å². The van der Waals surface area contributed by atoms with Crippen molar-refractivity contribution in [1.29, 1.82) is 0 Å². The van der Waals surface area contributed by atoms with E-state index in [9.17, 15) is 26.4 Å². The third-order valence-electron chi connectivity index (χ3n) is 5.49. The summed E-state index contributed by atoms with van der Waals surface area (Å²) in [4.78, 5) is 11.7. The first-order valence-electron chi connectivity index (χ1n) is 9.05. The number of halogens is 3. The van der Waals surface area contributed by atoms with Crippen LogP contribution in [0.4, 0.5) is 13.2 Å². The van der Waals surface area contributed by atoms with Crippen molar-refractivity contribution >= 4 is 20.7 Å². The molecule has 0 saturated heterocycles. The van der Waals surface area contributed by atoms with Crippen LogP contribution in [0.25, 0.3) is 10.9 Å². The van der Waals surface area contributed by atoms with Gasteiger partial charge in [0.05, 0.1) is 21.2 Å². The van der Waals surface area contributed by atoms with E-state index < -0.39 is 32.4 Å². The molecule has 2 aromatic carbocycles. The van der Waals surface area contributed by atoms with Gasteiger partial charge in [0.15, 0.2) is 9.84 Å². The zero-order chi connectivity index (χ0) is 21.8. The zero-order valence-electron chi connectivity index (χ0n) is 15.8. The number of hydrogen-bond donors (Lipinski definition) is 0. The van der Waals surface area contributed by atoms with Crippen molar-refractivity contribution in [3.8, 4) is 12.3 Å². The normalized spacial score (nSPS) is 18.9. The fourth-order valence-corrected chi connectivity index (χ4v) is 5.66. The molecule has 3 aromatic rings. The van der Waals surface area contributed by atoms with Crippen LogP contribution in [0, 0.1) is 12.3 Å². The lowest BCUT2D eigenvalue weighted by atomic mass is 10.1. The summed E-state index contributed by atoms with van der Waals surface area (Å²) in [5.41, 5.74) is -0.440. The van der Waals surface area contributed by atoms with Crippen LogP contribution in [0.3, 0.4) is 0 Å². The van der Waals surface area contributed by atoms with Gasteiger partial charge < -0.3 is 4.57 Å². The Morgan fingerprint density at radius 1 is 1.10 bits per heavy atom. The van der Waals surface area contributed by atoms with E-state index in [2.05, 4.69) is 5.92 Å². The van der Waals surface area contributed by atoms with Crippen molar-refractivity contribution in [2.24, 2.45) is 7.05 Å². The summed E-state index contributed by atoms with van der Waals surface area (Å²) in [5, 5.41) is -1.03. The predicted molar refractivity (Wildman–Crippen MR) is 107 cm³/mol. The molecule has 0 radical (unpaired) electrons. The average Bonchev–Trinajstić information content (AvgIpc) is 3.51. The third-order valence-corrected chi connectivity index (χ3v) is 7.72. The van der Waals surface area contributed by atoms with Gasteiger partial charge in [0, 0.05) is 30.0 Å². The van der Waals surface area contributed by atoms with Crippen LogP contribution in [-0.2, 0) is 23.1 Å². The molecule has 0 aliphatic heterocycles. The predicted octanol–water partition coefficient (Wildman–Crippen LogP) is 3.87. The highest BCUT2D eigenvalue weighted by molar-refractivity contribution is 7.92. The number of benzene rings is 2. The maximum atomic E-state index is 13.5. The second-order valence-corrected chi connectivity index (χ2v) is 9.49. The molecule has 1 aliphatic rings. The molecule has 0 spiro atoms. The standard InChI is InChI=1S/C22H16F3NO3S/c1-3-13-4-6-14(7-5-13)16-11-20(16)30(28,29)15-8-9-19-17(10-15)18(22(23,24)25)12-21(27)26(19)2/h1,4-10,12,16,20H,11H2,2H3. The van der Waals surface area contributed by atoms with Gasteiger partial charge in [-0.2, -0.15) is 13.2 Å². The lowest BCUT2D eigenvalue weighted by molar-refractivity contribution is -0.136. The Morgan fingerprint density at radius 2 is 1.77 bits per heavy atom. The molecular weight excluding hydrogens is 415 g/mol. The Balaban J connectivity index is 1.77. The van der Waals surface area contributed by atoms with Gasteiger partial charge in [0.1, 0.15) is 0 Å². The van der Waals surface area contributed by atoms with E-state index in [0.29, 0.717) is 18.1 Å². The van der Waals surface area contributed by atoms with E-state index in [4.69, 9.17) is 6.42 Å². The van der Waals surface area contributed by atoms with Gasteiger partial charge in [-0.25, -0.2) is 8.42 Å². The quantitative estimate of drug-likeness (QED) is 0.592. The highest BCUT2D eigenvalue weighted by Gasteiger charge is 2.48. The first-order valence-corrected chi connectivity index (χ1v) is 10.6. The minimum absolute atomic E-state index is 0.0194. The summed E-state index contributed by atoms with van der Waals surface area (Å²) in [6.45, 7) is 0. The van der Waals surface area contributed by atoms with E-state index in [1.54, 1.807) is 24.3 Å². The Morgan fingerprint density at radius 3 is 2.37 bits per heavy atom. The number of pyridine rings is 1. The molecule has 4 rings (SSSR count). The molecule has 0 N–H and O–H groups in total. The van der Waals surface area contributed by atoms with Crippen LogP contribution in [0.5, 0.6) is 0 Å². The van der Waals surface area contributed by atoms with Gasteiger partial charge in [-0.15, -0.1) is 6.42 Å². The van der Waals surface area contributed by atoms with Crippen LogP contribution in [0.2, 0.25) is 0 Å². The highest BCUT2D eigenvalue weighted by Crippen LogP contribution is 2.48. The van der Waals surface area contributed by atoms with Gasteiger partial charge in [-0.3, -0.25) is 4.79 Å².